The van der Waals surface area contributed by atoms with E-state index in [1.807, 2.05) is 0 Å². The van der Waals surface area contributed by atoms with Gasteiger partial charge in [-0.15, -0.1) is 4.91 Å². The molecular formula is C11H12N2O3. The van der Waals surface area contributed by atoms with Crippen LogP contribution in [-0.4, -0.2) is 18.6 Å². The molecule has 1 N–H and O–H groups in total. The van der Waals surface area contributed by atoms with Gasteiger partial charge in [-0.3, -0.25) is 4.79 Å². The summed E-state index contributed by atoms with van der Waals surface area (Å²) in [6, 6.07) is 6.66. The minimum Gasteiger partial charge on any atom is -0.491 e. The zero-order chi connectivity index (χ0) is 11.4. The van der Waals surface area contributed by atoms with Gasteiger partial charge in [-0.05, 0) is 35.9 Å². The van der Waals surface area contributed by atoms with Crippen LogP contribution in [0.2, 0.25) is 0 Å². The number of amides is 1. The van der Waals surface area contributed by atoms with Gasteiger partial charge in [-0.25, -0.2) is 0 Å². The van der Waals surface area contributed by atoms with E-state index >= 15 is 0 Å². The molecule has 0 radical (unpaired) electrons. The molecule has 5 heteroatoms. The molecule has 16 heavy (non-hydrogen) atoms. The van der Waals surface area contributed by atoms with Gasteiger partial charge in [0.2, 0.25) is 5.91 Å². The first-order valence-electron chi connectivity index (χ1n) is 5.13. The van der Waals surface area contributed by atoms with Gasteiger partial charge in [0.1, 0.15) is 18.0 Å². The molecule has 0 bridgehead atoms. The van der Waals surface area contributed by atoms with Gasteiger partial charge >= 0.3 is 0 Å². The van der Waals surface area contributed by atoms with E-state index in [2.05, 4.69) is 10.5 Å². The molecule has 1 aromatic rings. The zero-order valence-corrected chi connectivity index (χ0v) is 8.68. The molecule has 1 fully saturated rings. The summed E-state index contributed by atoms with van der Waals surface area (Å²) in [5.74, 6) is 0.752. The van der Waals surface area contributed by atoms with Crippen molar-refractivity contribution in [3.63, 3.8) is 0 Å². The van der Waals surface area contributed by atoms with Gasteiger partial charge in [-0.2, -0.15) is 0 Å². The molecule has 5 nitrogen and oxygen atoms in total. The summed E-state index contributed by atoms with van der Waals surface area (Å²) in [6.07, 6.45) is 1.38. The number of nitroso groups, excluding NO2 is 1. The summed E-state index contributed by atoms with van der Waals surface area (Å²) in [4.78, 5) is 21.1. The molecule has 1 amide bonds. The number of ether oxygens (including phenoxy) is 1. The molecule has 84 valence electrons. The average Bonchev–Trinajstić information content (AvgIpc) is 2.73. The summed E-state index contributed by atoms with van der Waals surface area (Å²) in [7, 11) is 0. The lowest BCUT2D eigenvalue weighted by Gasteiger charge is -2.11. The SMILES string of the molecule is O=Nc1ccc(OCC2CCC(=O)N2)cc1. The topological polar surface area (TPSA) is 67.8 Å². The van der Waals surface area contributed by atoms with Gasteiger partial charge in [0.15, 0.2) is 0 Å². The van der Waals surface area contributed by atoms with Crippen molar-refractivity contribution in [2.75, 3.05) is 6.61 Å². The van der Waals surface area contributed by atoms with E-state index in [4.69, 9.17) is 4.74 Å². The maximum absolute atomic E-state index is 10.9. The summed E-state index contributed by atoms with van der Waals surface area (Å²) >= 11 is 0. The number of carbonyl (C=O) groups is 1. The van der Waals surface area contributed by atoms with E-state index in [0.29, 0.717) is 24.5 Å². The standard InChI is InChI=1S/C11H12N2O3/c14-11-6-3-9(12-11)7-16-10-4-1-8(13-15)2-5-10/h1-2,4-5,9H,3,6-7H2,(H,12,14). The number of benzene rings is 1. The molecule has 1 aliphatic rings. The second-order valence-electron chi connectivity index (χ2n) is 3.70. The molecule has 0 saturated carbocycles. The normalized spacial score (nSPS) is 19.2. The molecule has 1 aromatic carbocycles. The largest absolute Gasteiger partial charge is 0.491 e. The van der Waals surface area contributed by atoms with Crippen LogP contribution in [0.3, 0.4) is 0 Å². The Morgan fingerprint density at radius 2 is 2.12 bits per heavy atom. The molecule has 1 aliphatic heterocycles. The maximum atomic E-state index is 10.9. The van der Waals surface area contributed by atoms with E-state index in [-0.39, 0.29) is 11.9 Å². The second-order valence-corrected chi connectivity index (χ2v) is 3.70. The van der Waals surface area contributed by atoms with Crippen LogP contribution in [0.4, 0.5) is 5.69 Å². The Balaban J connectivity index is 1.84. The first-order valence-corrected chi connectivity index (χ1v) is 5.13. The van der Waals surface area contributed by atoms with Crippen molar-refractivity contribution >= 4 is 11.6 Å². The van der Waals surface area contributed by atoms with Crippen LogP contribution in [0, 0.1) is 4.91 Å². The van der Waals surface area contributed by atoms with Crippen LogP contribution in [0.15, 0.2) is 29.4 Å². The van der Waals surface area contributed by atoms with Crippen molar-refractivity contribution in [3.05, 3.63) is 29.2 Å². The van der Waals surface area contributed by atoms with Gasteiger partial charge in [0, 0.05) is 6.42 Å². The van der Waals surface area contributed by atoms with E-state index in [0.717, 1.165) is 6.42 Å². The van der Waals surface area contributed by atoms with Crippen molar-refractivity contribution in [2.24, 2.45) is 5.18 Å². The fourth-order valence-electron chi connectivity index (χ4n) is 1.60. The predicted octanol–water partition coefficient (Wildman–Crippen LogP) is 1.74. The fraction of sp³-hybridized carbons (Fsp3) is 0.364. The predicted molar refractivity (Wildman–Crippen MR) is 58.6 cm³/mol. The van der Waals surface area contributed by atoms with Crippen molar-refractivity contribution in [1.29, 1.82) is 0 Å². The lowest BCUT2D eigenvalue weighted by atomic mass is 10.2. The number of carbonyl (C=O) groups excluding carboxylic acids is 1. The van der Waals surface area contributed by atoms with E-state index in [9.17, 15) is 9.70 Å². The van der Waals surface area contributed by atoms with Gasteiger partial charge < -0.3 is 10.1 Å². The molecule has 1 heterocycles. The smallest absolute Gasteiger partial charge is 0.220 e. The number of hydrogen-bond acceptors (Lipinski definition) is 4. The van der Waals surface area contributed by atoms with E-state index in [1.54, 1.807) is 24.3 Å². The lowest BCUT2D eigenvalue weighted by molar-refractivity contribution is -0.119. The third kappa shape index (κ3) is 2.56. The van der Waals surface area contributed by atoms with Gasteiger partial charge in [-0.1, -0.05) is 0 Å². The molecule has 2 rings (SSSR count). The van der Waals surface area contributed by atoms with Gasteiger partial charge in [0.05, 0.1) is 6.04 Å². The van der Waals surface area contributed by atoms with Crippen LogP contribution in [-0.2, 0) is 4.79 Å². The molecule has 0 aromatic heterocycles. The third-order valence-corrected chi connectivity index (χ3v) is 2.48. The average molecular weight is 220 g/mol. The van der Waals surface area contributed by atoms with Crippen LogP contribution >= 0.6 is 0 Å². The Labute approximate surface area is 92.8 Å². The highest BCUT2D eigenvalue weighted by Gasteiger charge is 2.20. The Bertz CT molecular complexity index is 389. The highest BCUT2D eigenvalue weighted by Crippen LogP contribution is 2.18. The lowest BCUT2D eigenvalue weighted by Crippen LogP contribution is -2.30. The quantitative estimate of drug-likeness (QED) is 0.786. The van der Waals surface area contributed by atoms with Crippen LogP contribution < -0.4 is 10.1 Å². The minimum absolute atomic E-state index is 0.0779. The van der Waals surface area contributed by atoms with Crippen LogP contribution in [0.5, 0.6) is 5.75 Å². The molecule has 1 atom stereocenters. The van der Waals surface area contributed by atoms with Crippen molar-refractivity contribution in [1.82, 2.24) is 5.32 Å². The summed E-state index contributed by atoms with van der Waals surface area (Å²) in [5.41, 5.74) is 0.376. The second kappa shape index (κ2) is 4.74. The maximum Gasteiger partial charge on any atom is 0.220 e. The Hall–Kier alpha value is -1.91. The Morgan fingerprint density at radius 1 is 1.38 bits per heavy atom. The highest BCUT2D eigenvalue weighted by molar-refractivity contribution is 5.78. The number of nitrogens with one attached hydrogen (secondary N) is 1. The molecule has 0 aliphatic carbocycles. The van der Waals surface area contributed by atoms with Crippen molar-refractivity contribution in [2.45, 2.75) is 18.9 Å². The Morgan fingerprint density at radius 3 is 2.69 bits per heavy atom. The number of hydrogen-bond donors (Lipinski definition) is 1. The first kappa shape index (κ1) is 10.6. The third-order valence-electron chi connectivity index (χ3n) is 2.48. The van der Waals surface area contributed by atoms with Crippen molar-refractivity contribution < 1.29 is 9.53 Å². The summed E-state index contributed by atoms with van der Waals surface area (Å²) < 4.78 is 5.48. The van der Waals surface area contributed by atoms with E-state index < -0.39 is 0 Å². The van der Waals surface area contributed by atoms with Crippen LogP contribution in [0.25, 0.3) is 0 Å². The minimum atomic E-state index is 0.0779. The summed E-state index contributed by atoms with van der Waals surface area (Å²) in [6.45, 7) is 0.458. The van der Waals surface area contributed by atoms with E-state index in [1.165, 1.54) is 0 Å². The van der Waals surface area contributed by atoms with Gasteiger partial charge in [0.25, 0.3) is 0 Å². The molecule has 1 unspecified atom stereocenters. The number of nitrogens with zero attached hydrogens (tertiary/aromatic N) is 1. The molecular weight excluding hydrogens is 208 g/mol. The Kier molecular flexibility index (Phi) is 3.14. The summed E-state index contributed by atoms with van der Waals surface area (Å²) in [5, 5.41) is 5.61. The highest BCUT2D eigenvalue weighted by atomic mass is 16.5. The first-order chi connectivity index (χ1) is 7.78. The molecule has 0 spiro atoms. The number of rotatable bonds is 4. The molecule has 1 saturated heterocycles. The van der Waals surface area contributed by atoms with Crippen LogP contribution in [0.1, 0.15) is 12.8 Å². The monoisotopic (exact) mass is 220 g/mol. The van der Waals surface area contributed by atoms with Crippen molar-refractivity contribution in [3.8, 4) is 5.75 Å². The zero-order valence-electron chi connectivity index (χ0n) is 8.68. The fourth-order valence-corrected chi connectivity index (χ4v) is 1.60.